The molecule has 3 aromatic rings. The van der Waals surface area contributed by atoms with Crippen molar-refractivity contribution in [2.45, 2.75) is 27.7 Å². The monoisotopic (exact) mass is 361 g/mol. The number of nitrogens with zero attached hydrogens (tertiary/aromatic N) is 2. The Hall–Kier alpha value is -3.41. The molecule has 1 heterocycles. The van der Waals surface area contributed by atoms with Crippen LogP contribution in [-0.4, -0.2) is 15.9 Å². The normalized spacial score (nSPS) is 10.4. The minimum absolute atomic E-state index is 0.106. The predicted molar refractivity (Wildman–Crippen MR) is 110 cm³/mol. The molecule has 138 valence electrons. The molecule has 0 fully saturated rings. The lowest BCUT2D eigenvalue weighted by Crippen LogP contribution is -2.06. The molecule has 0 saturated heterocycles. The van der Waals surface area contributed by atoms with Crippen molar-refractivity contribution in [2.24, 2.45) is 0 Å². The van der Waals surface area contributed by atoms with Crippen LogP contribution in [0.3, 0.4) is 0 Å². The minimum atomic E-state index is -0.106. The number of anilines is 5. The van der Waals surface area contributed by atoms with Crippen LogP contribution >= 0.6 is 0 Å². The Morgan fingerprint density at radius 1 is 0.889 bits per heavy atom. The molecule has 6 nitrogen and oxygen atoms in total. The SMILES string of the molecule is CC(=O)Nc1cccc(Nc2cc(C)nc(Nc3cccc(C)c3C)n2)c1. The van der Waals surface area contributed by atoms with Crippen molar-refractivity contribution < 1.29 is 4.79 Å². The van der Waals surface area contributed by atoms with E-state index in [1.807, 2.05) is 49.4 Å². The highest BCUT2D eigenvalue weighted by atomic mass is 16.1. The van der Waals surface area contributed by atoms with Gasteiger partial charge in [-0.3, -0.25) is 4.79 Å². The first kappa shape index (κ1) is 18.4. The third kappa shape index (κ3) is 4.82. The maximum absolute atomic E-state index is 11.2. The summed E-state index contributed by atoms with van der Waals surface area (Å²) in [6.07, 6.45) is 0. The zero-order valence-electron chi connectivity index (χ0n) is 15.9. The molecule has 0 bridgehead atoms. The third-order valence-corrected chi connectivity index (χ3v) is 4.16. The zero-order chi connectivity index (χ0) is 19.4. The van der Waals surface area contributed by atoms with Crippen LogP contribution in [-0.2, 0) is 4.79 Å². The molecule has 0 unspecified atom stereocenters. The summed E-state index contributed by atoms with van der Waals surface area (Å²) in [7, 11) is 0. The van der Waals surface area contributed by atoms with Crippen molar-refractivity contribution in [1.82, 2.24) is 9.97 Å². The number of benzene rings is 2. The Balaban J connectivity index is 1.83. The maximum Gasteiger partial charge on any atom is 0.229 e. The molecule has 0 aliphatic carbocycles. The Labute approximate surface area is 159 Å². The van der Waals surface area contributed by atoms with Gasteiger partial charge in [0.2, 0.25) is 11.9 Å². The number of carbonyl (C=O) groups excluding carboxylic acids is 1. The van der Waals surface area contributed by atoms with E-state index in [4.69, 9.17) is 0 Å². The van der Waals surface area contributed by atoms with Gasteiger partial charge in [0.25, 0.3) is 0 Å². The Bertz CT molecular complexity index is 984. The van der Waals surface area contributed by atoms with Gasteiger partial charge in [0.1, 0.15) is 5.82 Å². The maximum atomic E-state index is 11.2. The number of rotatable bonds is 5. The van der Waals surface area contributed by atoms with Gasteiger partial charge in [0.15, 0.2) is 0 Å². The number of carbonyl (C=O) groups is 1. The highest BCUT2D eigenvalue weighted by molar-refractivity contribution is 5.89. The summed E-state index contributed by atoms with van der Waals surface area (Å²) in [6, 6.07) is 15.5. The molecule has 0 radical (unpaired) electrons. The van der Waals surface area contributed by atoms with Crippen LogP contribution in [0.2, 0.25) is 0 Å². The lowest BCUT2D eigenvalue weighted by Gasteiger charge is -2.13. The molecule has 0 aliphatic rings. The third-order valence-electron chi connectivity index (χ3n) is 4.16. The minimum Gasteiger partial charge on any atom is -0.340 e. The number of aromatic nitrogens is 2. The Kier molecular flexibility index (Phi) is 5.35. The summed E-state index contributed by atoms with van der Waals surface area (Å²) in [5, 5.41) is 9.34. The van der Waals surface area contributed by atoms with E-state index in [0.717, 1.165) is 22.8 Å². The smallest absolute Gasteiger partial charge is 0.229 e. The van der Waals surface area contributed by atoms with Crippen LogP contribution in [0.25, 0.3) is 0 Å². The standard InChI is InChI=1S/C21H23N5O/c1-13-7-5-10-19(15(13)3)25-21-22-14(2)11-20(26-21)24-18-9-6-8-17(12-18)23-16(4)27/h5-12H,1-4H3,(H,23,27)(H2,22,24,25,26). The molecule has 27 heavy (non-hydrogen) atoms. The van der Waals surface area contributed by atoms with E-state index in [9.17, 15) is 4.79 Å². The number of hydrogen-bond donors (Lipinski definition) is 3. The Morgan fingerprint density at radius 3 is 2.41 bits per heavy atom. The Morgan fingerprint density at radius 2 is 1.63 bits per heavy atom. The lowest BCUT2D eigenvalue weighted by molar-refractivity contribution is -0.114. The average molecular weight is 361 g/mol. The van der Waals surface area contributed by atoms with Gasteiger partial charge in [-0.15, -0.1) is 0 Å². The quantitative estimate of drug-likeness (QED) is 0.605. The molecule has 3 N–H and O–H groups in total. The number of amides is 1. The summed E-state index contributed by atoms with van der Waals surface area (Å²) in [5.74, 6) is 1.10. The topological polar surface area (TPSA) is 78.9 Å². The zero-order valence-corrected chi connectivity index (χ0v) is 15.9. The largest absolute Gasteiger partial charge is 0.340 e. The first-order chi connectivity index (χ1) is 12.9. The van der Waals surface area contributed by atoms with Gasteiger partial charge >= 0.3 is 0 Å². The molecule has 3 rings (SSSR count). The van der Waals surface area contributed by atoms with Gasteiger partial charge in [-0.25, -0.2) is 4.98 Å². The molecule has 1 aromatic heterocycles. The van der Waals surface area contributed by atoms with E-state index >= 15 is 0 Å². The summed E-state index contributed by atoms with van der Waals surface area (Å²) >= 11 is 0. The van der Waals surface area contributed by atoms with Crippen LogP contribution < -0.4 is 16.0 Å². The predicted octanol–water partition coefficient (Wildman–Crippen LogP) is 4.85. The second-order valence-electron chi connectivity index (χ2n) is 6.48. The average Bonchev–Trinajstić information content (AvgIpc) is 2.58. The number of aryl methyl sites for hydroxylation is 2. The fourth-order valence-electron chi connectivity index (χ4n) is 2.72. The molecule has 0 atom stereocenters. The van der Waals surface area contributed by atoms with Crippen LogP contribution in [0.4, 0.5) is 28.8 Å². The second kappa shape index (κ2) is 7.86. The van der Waals surface area contributed by atoms with Gasteiger partial charge in [-0.05, 0) is 56.2 Å². The van der Waals surface area contributed by atoms with Gasteiger partial charge in [-0.1, -0.05) is 18.2 Å². The summed E-state index contributed by atoms with van der Waals surface area (Å²) < 4.78 is 0. The molecular formula is C21H23N5O. The number of hydrogen-bond acceptors (Lipinski definition) is 5. The molecule has 1 amide bonds. The van der Waals surface area contributed by atoms with Crippen molar-refractivity contribution in [1.29, 1.82) is 0 Å². The van der Waals surface area contributed by atoms with Gasteiger partial charge < -0.3 is 16.0 Å². The van der Waals surface area contributed by atoms with E-state index in [0.29, 0.717) is 11.8 Å². The fourth-order valence-corrected chi connectivity index (χ4v) is 2.72. The molecule has 0 saturated carbocycles. The summed E-state index contributed by atoms with van der Waals surface area (Å²) in [6.45, 7) is 7.56. The van der Waals surface area contributed by atoms with Crippen LogP contribution in [0.1, 0.15) is 23.7 Å². The van der Waals surface area contributed by atoms with E-state index in [1.54, 1.807) is 0 Å². The van der Waals surface area contributed by atoms with Gasteiger partial charge in [0.05, 0.1) is 0 Å². The van der Waals surface area contributed by atoms with Crippen LogP contribution in [0, 0.1) is 20.8 Å². The van der Waals surface area contributed by atoms with Crippen molar-refractivity contribution in [3.8, 4) is 0 Å². The molecule has 0 aliphatic heterocycles. The highest BCUT2D eigenvalue weighted by Crippen LogP contribution is 2.24. The van der Waals surface area contributed by atoms with E-state index in [2.05, 4.69) is 45.8 Å². The summed E-state index contributed by atoms with van der Waals surface area (Å²) in [5.41, 5.74) is 5.77. The van der Waals surface area contributed by atoms with Crippen LogP contribution in [0.15, 0.2) is 48.5 Å². The molecule has 2 aromatic carbocycles. The second-order valence-corrected chi connectivity index (χ2v) is 6.48. The first-order valence-electron chi connectivity index (χ1n) is 8.74. The first-order valence-corrected chi connectivity index (χ1v) is 8.74. The van der Waals surface area contributed by atoms with Crippen molar-refractivity contribution in [2.75, 3.05) is 16.0 Å². The number of nitrogens with one attached hydrogen (secondary N) is 3. The lowest BCUT2D eigenvalue weighted by atomic mass is 10.1. The highest BCUT2D eigenvalue weighted by Gasteiger charge is 2.07. The van der Waals surface area contributed by atoms with Crippen molar-refractivity contribution >= 4 is 34.7 Å². The van der Waals surface area contributed by atoms with Gasteiger partial charge in [0, 0.05) is 35.7 Å². The van der Waals surface area contributed by atoms with Crippen molar-refractivity contribution in [3.63, 3.8) is 0 Å². The van der Waals surface area contributed by atoms with Crippen molar-refractivity contribution in [3.05, 3.63) is 65.4 Å². The molecular weight excluding hydrogens is 338 g/mol. The van der Waals surface area contributed by atoms with Gasteiger partial charge in [-0.2, -0.15) is 4.98 Å². The molecule has 6 heteroatoms. The summed E-state index contributed by atoms with van der Waals surface area (Å²) in [4.78, 5) is 20.3. The van der Waals surface area contributed by atoms with E-state index in [-0.39, 0.29) is 5.91 Å². The van der Waals surface area contributed by atoms with E-state index in [1.165, 1.54) is 18.1 Å². The fraction of sp³-hybridized carbons (Fsp3) is 0.190. The molecule has 0 spiro atoms. The van der Waals surface area contributed by atoms with Crippen LogP contribution in [0.5, 0.6) is 0 Å². The van der Waals surface area contributed by atoms with E-state index < -0.39 is 0 Å².